The minimum atomic E-state index is -3.02. The van der Waals surface area contributed by atoms with Gasteiger partial charge in [-0.05, 0) is 51.4 Å². The Hall–Kier alpha value is -3.57. The van der Waals surface area contributed by atoms with Crippen LogP contribution in [0.2, 0.25) is 0 Å². The van der Waals surface area contributed by atoms with Crippen molar-refractivity contribution in [2.75, 3.05) is 55.5 Å². The first-order valence-corrected chi connectivity index (χ1v) is 13.9. The minimum Gasteiger partial charge on any atom is -0.488 e. The number of anilines is 3. The molecule has 1 atom stereocenters. The molecule has 3 heterocycles. The summed E-state index contributed by atoms with van der Waals surface area (Å²) in [6.45, 7) is 3.44. The van der Waals surface area contributed by atoms with Crippen LogP contribution in [0.5, 0.6) is 5.75 Å². The van der Waals surface area contributed by atoms with Gasteiger partial charge in [-0.15, -0.1) is 0 Å². The quantitative estimate of drug-likeness (QED) is 0.388. The maximum absolute atomic E-state index is 15.3. The SMILES string of the molecule is C[C@H](CN(C)C)Oc1cc(N2CCS(=O)(=O)CC2)cc2ncnc(Nc3ccc4ncccc4c3F)c12. The molecule has 0 radical (unpaired) electrons. The third kappa shape index (κ3) is 5.42. The Morgan fingerprint density at radius 3 is 2.65 bits per heavy atom. The molecule has 0 unspecified atom stereocenters. The van der Waals surface area contributed by atoms with Gasteiger partial charge in [0.1, 0.15) is 24.0 Å². The number of fused-ring (bicyclic) bond motifs is 2. The van der Waals surface area contributed by atoms with E-state index < -0.39 is 15.7 Å². The number of rotatable bonds is 7. The monoisotopic (exact) mass is 524 g/mol. The number of likely N-dealkylation sites (N-methyl/N-ethyl adjacent to an activating group) is 1. The van der Waals surface area contributed by atoms with E-state index in [4.69, 9.17) is 4.74 Å². The highest BCUT2D eigenvalue weighted by Gasteiger charge is 2.24. The van der Waals surface area contributed by atoms with Crippen LogP contribution in [0.25, 0.3) is 21.8 Å². The van der Waals surface area contributed by atoms with Gasteiger partial charge in [0.05, 0.1) is 33.6 Å². The molecule has 0 saturated carbocycles. The van der Waals surface area contributed by atoms with E-state index in [-0.39, 0.29) is 23.3 Å². The zero-order valence-electron chi connectivity index (χ0n) is 21.0. The molecule has 4 aromatic rings. The van der Waals surface area contributed by atoms with Gasteiger partial charge in [-0.25, -0.2) is 22.8 Å². The highest BCUT2D eigenvalue weighted by molar-refractivity contribution is 7.91. The third-order valence-corrected chi connectivity index (χ3v) is 7.93. The third-order valence-electron chi connectivity index (χ3n) is 6.32. The van der Waals surface area contributed by atoms with Crippen LogP contribution >= 0.6 is 0 Å². The van der Waals surface area contributed by atoms with Gasteiger partial charge in [-0.3, -0.25) is 4.98 Å². The number of pyridine rings is 1. The number of hydrogen-bond donors (Lipinski definition) is 1. The van der Waals surface area contributed by atoms with Crippen molar-refractivity contribution in [3.63, 3.8) is 0 Å². The fraction of sp³-hybridized carbons (Fsp3) is 0.346. The number of hydrogen-bond acceptors (Lipinski definition) is 9. The molecule has 1 aliphatic heterocycles. The maximum atomic E-state index is 15.3. The zero-order chi connectivity index (χ0) is 26.2. The first kappa shape index (κ1) is 25.1. The van der Waals surface area contributed by atoms with E-state index in [0.717, 1.165) is 5.69 Å². The molecule has 2 aromatic heterocycles. The van der Waals surface area contributed by atoms with Gasteiger partial charge >= 0.3 is 0 Å². The molecule has 2 aromatic carbocycles. The van der Waals surface area contributed by atoms with Crippen molar-refractivity contribution in [3.05, 3.63) is 54.7 Å². The van der Waals surface area contributed by atoms with Crippen LogP contribution in [-0.2, 0) is 9.84 Å². The molecule has 9 nitrogen and oxygen atoms in total. The lowest BCUT2D eigenvalue weighted by molar-refractivity contribution is 0.179. The summed E-state index contributed by atoms with van der Waals surface area (Å²) in [6, 6.07) is 10.6. The maximum Gasteiger partial charge on any atom is 0.156 e. The number of ether oxygens (including phenoxy) is 1. The Morgan fingerprint density at radius 1 is 1.11 bits per heavy atom. The van der Waals surface area contributed by atoms with E-state index in [2.05, 4.69) is 20.3 Å². The molecule has 1 fully saturated rings. The summed E-state index contributed by atoms with van der Waals surface area (Å²) in [5.41, 5.74) is 2.26. The zero-order valence-corrected chi connectivity index (χ0v) is 21.8. The summed E-state index contributed by atoms with van der Waals surface area (Å²) in [7, 11) is 0.913. The van der Waals surface area contributed by atoms with E-state index in [9.17, 15) is 8.42 Å². The smallest absolute Gasteiger partial charge is 0.156 e. The summed E-state index contributed by atoms with van der Waals surface area (Å²) >= 11 is 0. The lowest BCUT2D eigenvalue weighted by Gasteiger charge is -2.30. The highest BCUT2D eigenvalue weighted by Crippen LogP contribution is 2.37. The standard InChI is InChI=1S/C26H29FN6O3S/c1-17(15-32(2)3)36-23-14-18(33-9-11-37(34,35)12-10-33)13-22-24(23)26(30-16-29-22)31-21-7-6-20-19(25(21)27)5-4-8-28-20/h4-8,13-14,16-17H,9-12,15H2,1-3H3,(H,29,30,31)/t17-/m1/s1. The summed E-state index contributed by atoms with van der Waals surface area (Å²) < 4.78 is 45.6. The van der Waals surface area contributed by atoms with Crippen molar-refractivity contribution in [1.82, 2.24) is 19.9 Å². The normalized spacial score (nSPS) is 16.3. The van der Waals surface area contributed by atoms with Crippen molar-refractivity contribution in [2.24, 2.45) is 0 Å². The Labute approximate surface area is 215 Å². The number of benzene rings is 2. The molecule has 0 aliphatic carbocycles. The summed E-state index contributed by atoms with van der Waals surface area (Å²) in [4.78, 5) is 17.2. The van der Waals surface area contributed by atoms with Crippen molar-refractivity contribution in [1.29, 1.82) is 0 Å². The number of sulfone groups is 1. The minimum absolute atomic E-state index is 0.102. The van der Waals surface area contributed by atoms with Crippen molar-refractivity contribution >= 4 is 48.8 Å². The average molecular weight is 525 g/mol. The fourth-order valence-corrected chi connectivity index (χ4v) is 5.79. The lowest BCUT2D eigenvalue weighted by Crippen LogP contribution is -2.40. The van der Waals surface area contributed by atoms with Crippen LogP contribution in [0, 0.1) is 5.82 Å². The molecule has 5 rings (SSSR count). The fourth-order valence-electron chi connectivity index (χ4n) is 4.59. The van der Waals surface area contributed by atoms with Crippen LogP contribution < -0.4 is 15.0 Å². The van der Waals surface area contributed by atoms with E-state index in [0.29, 0.717) is 53.0 Å². The molecule has 1 saturated heterocycles. The number of nitrogens with one attached hydrogen (secondary N) is 1. The largest absolute Gasteiger partial charge is 0.488 e. The molecular weight excluding hydrogens is 495 g/mol. The van der Waals surface area contributed by atoms with E-state index >= 15 is 4.39 Å². The molecule has 194 valence electrons. The van der Waals surface area contributed by atoms with Gasteiger partial charge in [0, 0.05) is 43.0 Å². The van der Waals surface area contributed by atoms with Gasteiger partial charge in [-0.2, -0.15) is 0 Å². The lowest BCUT2D eigenvalue weighted by atomic mass is 10.1. The Bertz CT molecular complexity index is 1550. The molecule has 0 amide bonds. The van der Waals surface area contributed by atoms with Gasteiger partial charge in [0.2, 0.25) is 0 Å². The molecule has 0 spiro atoms. The Morgan fingerprint density at radius 2 is 1.89 bits per heavy atom. The predicted octanol–water partition coefficient (Wildman–Crippen LogP) is 3.62. The number of nitrogens with zero attached hydrogens (tertiary/aromatic N) is 5. The summed E-state index contributed by atoms with van der Waals surface area (Å²) in [6.07, 6.45) is 2.88. The van der Waals surface area contributed by atoms with Crippen LogP contribution in [0.3, 0.4) is 0 Å². The van der Waals surface area contributed by atoms with Gasteiger partial charge in [-0.1, -0.05) is 0 Å². The Balaban J connectivity index is 1.58. The number of aromatic nitrogens is 3. The second kappa shape index (κ2) is 10.1. The summed E-state index contributed by atoms with van der Waals surface area (Å²) in [5, 5.41) is 4.16. The van der Waals surface area contributed by atoms with E-state index in [1.807, 2.05) is 43.0 Å². The van der Waals surface area contributed by atoms with Gasteiger partial charge < -0.3 is 19.9 Å². The van der Waals surface area contributed by atoms with Crippen LogP contribution in [0.15, 0.2) is 48.9 Å². The molecule has 1 aliphatic rings. The van der Waals surface area contributed by atoms with Gasteiger partial charge in [0.25, 0.3) is 0 Å². The van der Waals surface area contributed by atoms with Crippen molar-refractivity contribution < 1.29 is 17.5 Å². The highest BCUT2D eigenvalue weighted by atomic mass is 32.2. The predicted molar refractivity (Wildman–Crippen MR) is 144 cm³/mol. The van der Waals surface area contributed by atoms with Crippen LogP contribution in [0.4, 0.5) is 21.6 Å². The van der Waals surface area contributed by atoms with Gasteiger partial charge in [0.15, 0.2) is 15.7 Å². The molecular formula is C26H29FN6O3S. The first-order valence-electron chi connectivity index (χ1n) is 12.1. The van der Waals surface area contributed by atoms with Crippen molar-refractivity contribution in [2.45, 2.75) is 13.0 Å². The molecule has 1 N–H and O–H groups in total. The van der Waals surface area contributed by atoms with Crippen LogP contribution in [0.1, 0.15) is 6.92 Å². The van der Waals surface area contributed by atoms with E-state index in [1.165, 1.54) is 6.33 Å². The average Bonchev–Trinajstić information content (AvgIpc) is 2.85. The van der Waals surface area contributed by atoms with E-state index in [1.54, 1.807) is 30.5 Å². The topological polar surface area (TPSA) is 101 Å². The van der Waals surface area contributed by atoms with Crippen LogP contribution in [-0.4, -0.2) is 79.6 Å². The summed E-state index contributed by atoms with van der Waals surface area (Å²) in [5.74, 6) is 0.732. The second-order valence-corrected chi connectivity index (χ2v) is 11.8. The number of halogens is 1. The molecule has 11 heteroatoms. The second-order valence-electron chi connectivity index (χ2n) is 9.51. The van der Waals surface area contributed by atoms with Crippen molar-refractivity contribution in [3.8, 4) is 5.75 Å². The Kier molecular flexibility index (Phi) is 6.82. The first-order chi connectivity index (χ1) is 17.7. The molecule has 0 bridgehead atoms. The molecule has 37 heavy (non-hydrogen) atoms.